The molecular weight excluding hydrogens is 438 g/mol. The van der Waals surface area contributed by atoms with Crippen molar-refractivity contribution in [3.05, 3.63) is 96.0 Å². The third kappa shape index (κ3) is 4.90. The van der Waals surface area contributed by atoms with Gasteiger partial charge in [0.25, 0.3) is 10.0 Å². The molecule has 0 unspecified atom stereocenters. The van der Waals surface area contributed by atoms with Gasteiger partial charge in [-0.25, -0.2) is 13.2 Å². The van der Waals surface area contributed by atoms with Gasteiger partial charge in [0.15, 0.2) is 0 Å². The number of hydrogen-bond acceptors (Lipinski definition) is 5. The Bertz CT molecular complexity index is 1200. The summed E-state index contributed by atoms with van der Waals surface area (Å²) in [7, 11) is -2.62. The minimum Gasteiger partial charge on any atom is -0.495 e. The molecule has 6 nitrogen and oxygen atoms in total. The van der Waals surface area contributed by atoms with Crippen LogP contribution in [-0.4, -0.2) is 28.0 Å². The topological polar surface area (TPSA) is 72.9 Å². The number of sulfonamides is 1. The molecular formula is C23H20ClNO5S. The number of methoxy groups -OCH3 is 1. The van der Waals surface area contributed by atoms with Crippen molar-refractivity contribution >= 4 is 33.3 Å². The maximum absolute atomic E-state index is 13.5. The number of anilines is 1. The molecule has 0 saturated heterocycles. The summed E-state index contributed by atoms with van der Waals surface area (Å²) in [5.41, 5.74) is 0.276. The number of nitrogens with zero attached hydrogens (tertiary/aromatic N) is 1. The number of ether oxygens (including phenoxy) is 2. The Morgan fingerprint density at radius 2 is 1.74 bits per heavy atom. The molecule has 0 spiro atoms. The molecule has 0 amide bonds. The molecule has 3 aromatic carbocycles. The molecule has 0 aliphatic heterocycles. The summed E-state index contributed by atoms with van der Waals surface area (Å²) in [6.07, 6.45) is 1.46. The second kappa shape index (κ2) is 9.68. The number of carbonyl (C=O) groups is 1. The monoisotopic (exact) mass is 457 g/mol. The first-order chi connectivity index (χ1) is 14.9. The van der Waals surface area contributed by atoms with Crippen molar-refractivity contribution in [2.45, 2.75) is 4.90 Å². The van der Waals surface area contributed by atoms with Gasteiger partial charge >= 0.3 is 5.97 Å². The molecule has 3 rings (SSSR count). The molecule has 0 aliphatic carbocycles. The second-order valence-corrected chi connectivity index (χ2v) is 8.61. The van der Waals surface area contributed by atoms with Gasteiger partial charge in [-0.3, -0.25) is 4.31 Å². The van der Waals surface area contributed by atoms with E-state index in [0.717, 1.165) is 4.31 Å². The van der Waals surface area contributed by atoms with Crippen LogP contribution >= 0.6 is 11.6 Å². The summed E-state index contributed by atoms with van der Waals surface area (Å²) in [5.74, 6) is -0.0643. The summed E-state index contributed by atoms with van der Waals surface area (Å²) in [4.78, 5) is 12.5. The van der Waals surface area contributed by atoms with E-state index in [-0.39, 0.29) is 22.0 Å². The molecule has 0 atom stereocenters. The fourth-order valence-electron chi connectivity index (χ4n) is 2.88. The van der Waals surface area contributed by atoms with Crippen LogP contribution in [0.25, 0.3) is 0 Å². The molecule has 0 aliphatic rings. The Balaban J connectivity index is 2.03. The van der Waals surface area contributed by atoms with Crippen LogP contribution in [0.5, 0.6) is 11.5 Å². The highest BCUT2D eigenvalue weighted by Gasteiger charge is 2.28. The van der Waals surface area contributed by atoms with E-state index in [4.69, 9.17) is 21.1 Å². The van der Waals surface area contributed by atoms with Crippen molar-refractivity contribution in [3.8, 4) is 11.5 Å². The van der Waals surface area contributed by atoms with Crippen LogP contribution in [0.1, 0.15) is 10.4 Å². The maximum Gasteiger partial charge on any atom is 0.345 e. The summed E-state index contributed by atoms with van der Waals surface area (Å²) in [5, 5.41) is 0.0763. The van der Waals surface area contributed by atoms with Gasteiger partial charge in [0, 0.05) is 0 Å². The van der Waals surface area contributed by atoms with E-state index in [2.05, 4.69) is 6.58 Å². The quantitative estimate of drug-likeness (QED) is 0.272. The fourth-order valence-corrected chi connectivity index (χ4v) is 4.55. The Labute approximate surface area is 186 Å². The standard InChI is InChI=1S/C23H20ClNO5S/c1-3-15-25(21-11-7-8-12-22(21)29-2)31(27,28)18-13-14-20(24)19(16-18)23(26)30-17-9-5-4-6-10-17/h3-14,16H,1,15H2,2H3. The van der Waals surface area contributed by atoms with Gasteiger partial charge in [-0.05, 0) is 42.5 Å². The van der Waals surface area contributed by atoms with Crippen molar-refractivity contribution in [3.63, 3.8) is 0 Å². The Hall–Kier alpha value is -3.29. The van der Waals surface area contributed by atoms with Crippen LogP contribution in [-0.2, 0) is 10.0 Å². The van der Waals surface area contributed by atoms with Crippen molar-refractivity contribution in [2.24, 2.45) is 0 Å². The normalized spacial score (nSPS) is 10.9. The molecule has 0 radical (unpaired) electrons. The molecule has 0 fully saturated rings. The number of halogens is 1. The van der Waals surface area contributed by atoms with Crippen molar-refractivity contribution in [1.29, 1.82) is 0 Å². The van der Waals surface area contributed by atoms with Crippen molar-refractivity contribution in [1.82, 2.24) is 0 Å². The molecule has 160 valence electrons. The molecule has 0 N–H and O–H groups in total. The molecule has 3 aromatic rings. The van der Waals surface area contributed by atoms with Gasteiger partial charge in [0.1, 0.15) is 11.5 Å². The summed E-state index contributed by atoms with van der Waals surface area (Å²) < 4.78 is 38.7. The third-order valence-electron chi connectivity index (χ3n) is 4.35. The van der Waals surface area contributed by atoms with Crippen LogP contribution in [0.4, 0.5) is 5.69 Å². The maximum atomic E-state index is 13.5. The molecule has 0 heterocycles. The van der Waals surface area contributed by atoms with Crippen LogP contribution < -0.4 is 13.8 Å². The van der Waals surface area contributed by atoms with E-state index < -0.39 is 16.0 Å². The third-order valence-corrected chi connectivity index (χ3v) is 6.45. The Morgan fingerprint density at radius 1 is 1.06 bits per heavy atom. The van der Waals surface area contributed by atoms with E-state index in [1.165, 1.54) is 31.4 Å². The van der Waals surface area contributed by atoms with Crippen LogP contribution in [0.3, 0.4) is 0 Å². The first-order valence-corrected chi connectivity index (χ1v) is 11.0. The van der Waals surface area contributed by atoms with E-state index in [0.29, 0.717) is 17.2 Å². The molecule has 8 heteroatoms. The Kier molecular flexibility index (Phi) is 6.99. The lowest BCUT2D eigenvalue weighted by molar-refractivity contribution is 0.0734. The highest BCUT2D eigenvalue weighted by atomic mass is 35.5. The van der Waals surface area contributed by atoms with Gasteiger partial charge in [0.2, 0.25) is 0 Å². The van der Waals surface area contributed by atoms with Crippen LogP contribution in [0.2, 0.25) is 5.02 Å². The smallest absolute Gasteiger partial charge is 0.345 e. The minimum absolute atomic E-state index is 0.00483. The summed E-state index contributed by atoms with van der Waals surface area (Å²) >= 11 is 6.17. The lowest BCUT2D eigenvalue weighted by Crippen LogP contribution is -2.31. The highest BCUT2D eigenvalue weighted by molar-refractivity contribution is 7.92. The zero-order chi connectivity index (χ0) is 22.4. The molecule has 0 aromatic heterocycles. The number of rotatable bonds is 8. The second-order valence-electron chi connectivity index (χ2n) is 6.34. The predicted octanol–water partition coefficient (Wildman–Crippen LogP) is 4.95. The van der Waals surface area contributed by atoms with Gasteiger partial charge in [-0.2, -0.15) is 0 Å². The number of hydrogen-bond donors (Lipinski definition) is 0. The lowest BCUT2D eigenvalue weighted by Gasteiger charge is -2.25. The zero-order valence-corrected chi connectivity index (χ0v) is 18.3. The average molecular weight is 458 g/mol. The first kappa shape index (κ1) is 22.4. The SMILES string of the molecule is C=CCN(c1ccccc1OC)S(=O)(=O)c1ccc(Cl)c(C(=O)Oc2ccccc2)c1. The van der Waals surface area contributed by atoms with Crippen LogP contribution in [0, 0.1) is 0 Å². The number of para-hydroxylation sites is 3. The summed E-state index contributed by atoms with van der Waals surface area (Å²) in [6, 6.07) is 19.0. The zero-order valence-electron chi connectivity index (χ0n) is 16.7. The van der Waals surface area contributed by atoms with E-state index >= 15 is 0 Å². The van der Waals surface area contributed by atoms with Gasteiger partial charge < -0.3 is 9.47 Å². The largest absolute Gasteiger partial charge is 0.495 e. The number of esters is 1. The first-order valence-electron chi connectivity index (χ1n) is 9.22. The molecule has 31 heavy (non-hydrogen) atoms. The van der Waals surface area contributed by atoms with Gasteiger partial charge in [0.05, 0.1) is 34.8 Å². The van der Waals surface area contributed by atoms with Crippen molar-refractivity contribution in [2.75, 3.05) is 18.0 Å². The predicted molar refractivity (Wildman–Crippen MR) is 121 cm³/mol. The highest BCUT2D eigenvalue weighted by Crippen LogP contribution is 2.33. The van der Waals surface area contributed by atoms with Gasteiger partial charge in [-0.1, -0.05) is 48.0 Å². The fraction of sp³-hybridized carbons (Fsp3) is 0.0870. The number of carbonyl (C=O) groups excluding carboxylic acids is 1. The van der Waals surface area contributed by atoms with E-state index in [1.807, 2.05) is 0 Å². The lowest BCUT2D eigenvalue weighted by atomic mass is 10.2. The van der Waals surface area contributed by atoms with Crippen molar-refractivity contribution < 1.29 is 22.7 Å². The van der Waals surface area contributed by atoms with E-state index in [9.17, 15) is 13.2 Å². The summed E-state index contributed by atoms with van der Waals surface area (Å²) in [6.45, 7) is 3.65. The van der Waals surface area contributed by atoms with E-state index in [1.54, 1.807) is 54.6 Å². The number of benzene rings is 3. The minimum atomic E-state index is -4.08. The van der Waals surface area contributed by atoms with Gasteiger partial charge in [-0.15, -0.1) is 6.58 Å². The molecule has 0 saturated carbocycles. The molecule has 0 bridgehead atoms. The average Bonchev–Trinajstić information content (AvgIpc) is 2.78. The Morgan fingerprint density at radius 3 is 2.42 bits per heavy atom. The van der Waals surface area contributed by atoms with Crippen LogP contribution in [0.15, 0.2) is 90.3 Å².